The minimum Gasteiger partial charge on any atom is -0.377 e. The predicted molar refractivity (Wildman–Crippen MR) is 106 cm³/mol. The molecule has 0 amide bonds. The molecule has 9 heteroatoms. The van der Waals surface area contributed by atoms with Gasteiger partial charge >= 0.3 is 0 Å². The van der Waals surface area contributed by atoms with Gasteiger partial charge in [0.05, 0.1) is 12.2 Å². The van der Waals surface area contributed by atoms with Crippen molar-refractivity contribution in [3.8, 4) is 0 Å². The predicted octanol–water partition coefficient (Wildman–Crippen LogP) is 1.53. The molecule has 3 heterocycles. The normalized spacial score (nSPS) is 16.9. The largest absolute Gasteiger partial charge is 0.377 e. The minimum atomic E-state index is 0.282. The molecule has 28 heavy (non-hydrogen) atoms. The van der Waals surface area contributed by atoms with E-state index in [1.807, 2.05) is 18.5 Å². The van der Waals surface area contributed by atoms with Gasteiger partial charge in [-0.3, -0.25) is 4.99 Å². The minimum absolute atomic E-state index is 0.282. The van der Waals surface area contributed by atoms with Crippen LogP contribution in [0.15, 0.2) is 9.52 Å². The lowest BCUT2D eigenvalue weighted by atomic mass is 10.1. The van der Waals surface area contributed by atoms with Crippen LogP contribution in [0.2, 0.25) is 0 Å². The lowest BCUT2D eigenvalue weighted by Gasteiger charge is -2.25. The lowest BCUT2D eigenvalue weighted by Crippen LogP contribution is -2.47. The van der Waals surface area contributed by atoms with Crippen LogP contribution in [0.5, 0.6) is 0 Å². The zero-order valence-corrected chi connectivity index (χ0v) is 17.3. The van der Waals surface area contributed by atoms with E-state index in [0.29, 0.717) is 6.61 Å². The van der Waals surface area contributed by atoms with Crippen LogP contribution in [-0.4, -0.2) is 52.1 Å². The molecule has 0 aromatic carbocycles. The fourth-order valence-corrected chi connectivity index (χ4v) is 3.49. The first-order chi connectivity index (χ1) is 13.6. The number of nitrogens with one attached hydrogen (secondary N) is 2. The number of nitrogens with zero attached hydrogens (tertiary/aromatic N) is 5. The maximum atomic E-state index is 5.23. The summed E-state index contributed by atoms with van der Waals surface area (Å²) in [5, 5.41) is 15.4. The Kier molecular flexibility index (Phi) is 7.02. The van der Waals surface area contributed by atoms with Crippen LogP contribution in [0.25, 0.3) is 0 Å². The molecular weight excluding hydrogens is 358 g/mol. The molecule has 1 aliphatic rings. The summed E-state index contributed by atoms with van der Waals surface area (Å²) in [5.41, 5.74) is 2.18. The Balaban J connectivity index is 1.53. The Morgan fingerprint density at radius 1 is 1.39 bits per heavy atom. The molecule has 0 spiro atoms. The number of aromatic nitrogens is 4. The molecule has 3 rings (SSSR count). The summed E-state index contributed by atoms with van der Waals surface area (Å²) in [6, 6.07) is 0.282. The van der Waals surface area contributed by atoms with Crippen molar-refractivity contribution in [2.75, 3.05) is 20.2 Å². The van der Waals surface area contributed by atoms with Crippen LogP contribution in [0, 0.1) is 13.8 Å². The van der Waals surface area contributed by atoms with Gasteiger partial charge in [-0.2, -0.15) is 5.10 Å². The van der Waals surface area contributed by atoms with Gasteiger partial charge in [0.15, 0.2) is 11.8 Å². The molecule has 0 saturated heterocycles. The Bertz CT molecular complexity index is 777. The second-order valence-corrected chi connectivity index (χ2v) is 7.11. The number of rotatable bonds is 8. The number of fused-ring (bicyclic) bond motifs is 1. The number of methoxy groups -OCH3 is 1. The standard InChI is InChI=1S/C19H31N7O2/c1-5-20-19(21-10-6-7-16-13(2)25-28-14(16)3)22-15-8-9-18-23-17(12-27-4)24-26(18)11-15/h15H,5-12H2,1-4H3,(H2,20,21,22). The van der Waals surface area contributed by atoms with Crippen molar-refractivity contribution in [1.29, 1.82) is 0 Å². The van der Waals surface area contributed by atoms with Crippen LogP contribution in [0.3, 0.4) is 0 Å². The number of hydrogen-bond donors (Lipinski definition) is 2. The second kappa shape index (κ2) is 9.68. The zero-order chi connectivity index (χ0) is 19.9. The number of aryl methyl sites for hydroxylation is 3. The number of hydrogen-bond acceptors (Lipinski definition) is 6. The molecule has 2 aromatic rings. The topological polar surface area (TPSA) is 102 Å². The lowest BCUT2D eigenvalue weighted by molar-refractivity contribution is 0.177. The average Bonchev–Trinajstić information content (AvgIpc) is 3.21. The highest BCUT2D eigenvalue weighted by atomic mass is 16.5. The first-order valence-corrected chi connectivity index (χ1v) is 9.98. The molecule has 0 bridgehead atoms. The van der Waals surface area contributed by atoms with Crippen molar-refractivity contribution in [2.45, 2.75) is 65.6 Å². The molecular formula is C19H31N7O2. The van der Waals surface area contributed by atoms with E-state index in [1.165, 1.54) is 5.56 Å². The number of ether oxygens (including phenoxy) is 1. The fourth-order valence-electron chi connectivity index (χ4n) is 3.49. The van der Waals surface area contributed by atoms with Gasteiger partial charge in [-0.15, -0.1) is 0 Å². The van der Waals surface area contributed by atoms with E-state index in [-0.39, 0.29) is 6.04 Å². The average molecular weight is 390 g/mol. The molecule has 0 radical (unpaired) electrons. The Morgan fingerprint density at radius 3 is 2.96 bits per heavy atom. The molecule has 1 atom stereocenters. The smallest absolute Gasteiger partial charge is 0.191 e. The van der Waals surface area contributed by atoms with Crippen molar-refractivity contribution >= 4 is 5.96 Å². The molecule has 2 N–H and O–H groups in total. The van der Waals surface area contributed by atoms with E-state index >= 15 is 0 Å². The van der Waals surface area contributed by atoms with Crippen LogP contribution in [0.1, 0.15) is 48.4 Å². The summed E-state index contributed by atoms with van der Waals surface area (Å²) in [6.45, 7) is 8.84. The monoisotopic (exact) mass is 389 g/mol. The molecule has 1 aliphatic heterocycles. The number of guanidine groups is 1. The van der Waals surface area contributed by atoms with Gasteiger partial charge < -0.3 is 19.9 Å². The molecule has 0 saturated carbocycles. The van der Waals surface area contributed by atoms with Gasteiger partial charge in [-0.05, 0) is 40.0 Å². The maximum absolute atomic E-state index is 5.23. The highest BCUT2D eigenvalue weighted by Crippen LogP contribution is 2.15. The summed E-state index contributed by atoms with van der Waals surface area (Å²) in [4.78, 5) is 9.27. The van der Waals surface area contributed by atoms with Gasteiger partial charge in [0.25, 0.3) is 0 Å². The summed E-state index contributed by atoms with van der Waals surface area (Å²) in [6.07, 6.45) is 3.80. The molecule has 2 aromatic heterocycles. The molecule has 1 unspecified atom stereocenters. The van der Waals surface area contributed by atoms with Gasteiger partial charge in [0.1, 0.15) is 18.2 Å². The maximum Gasteiger partial charge on any atom is 0.191 e. The summed E-state index contributed by atoms with van der Waals surface area (Å²) in [7, 11) is 1.66. The Hall–Kier alpha value is -2.42. The zero-order valence-electron chi connectivity index (χ0n) is 17.3. The van der Waals surface area contributed by atoms with Crippen LogP contribution in [-0.2, 0) is 30.7 Å². The van der Waals surface area contributed by atoms with Crippen LogP contribution in [0.4, 0.5) is 0 Å². The third kappa shape index (κ3) is 5.09. The third-order valence-corrected chi connectivity index (χ3v) is 4.90. The Labute approximate surface area is 165 Å². The van der Waals surface area contributed by atoms with Gasteiger partial charge in [0.2, 0.25) is 0 Å². The van der Waals surface area contributed by atoms with Gasteiger partial charge in [-0.25, -0.2) is 9.67 Å². The van der Waals surface area contributed by atoms with E-state index in [4.69, 9.17) is 14.3 Å². The van der Waals surface area contributed by atoms with E-state index in [0.717, 1.165) is 74.4 Å². The van der Waals surface area contributed by atoms with Gasteiger partial charge in [0, 0.05) is 38.2 Å². The Morgan fingerprint density at radius 2 is 2.25 bits per heavy atom. The first-order valence-electron chi connectivity index (χ1n) is 9.98. The highest BCUT2D eigenvalue weighted by Gasteiger charge is 2.22. The van der Waals surface area contributed by atoms with Crippen LogP contribution < -0.4 is 10.6 Å². The van der Waals surface area contributed by atoms with Crippen molar-refractivity contribution in [3.63, 3.8) is 0 Å². The summed E-state index contributed by atoms with van der Waals surface area (Å²) >= 11 is 0. The third-order valence-electron chi connectivity index (χ3n) is 4.90. The second-order valence-electron chi connectivity index (χ2n) is 7.11. The van der Waals surface area contributed by atoms with Crippen molar-refractivity contribution in [2.24, 2.45) is 4.99 Å². The molecule has 154 valence electrons. The SMILES string of the molecule is CCNC(=NCCCc1c(C)noc1C)NC1CCc2nc(COC)nn2C1. The summed E-state index contributed by atoms with van der Waals surface area (Å²) in [5.74, 6) is 3.54. The van der Waals surface area contributed by atoms with Crippen molar-refractivity contribution in [3.05, 3.63) is 28.7 Å². The van der Waals surface area contributed by atoms with E-state index in [2.05, 4.69) is 32.8 Å². The first kappa shape index (κ1) is 20.3. The fraction of sp³-hybridized carbons (Fsp3) is 0.684. The van der Waals surface area contributed by atoms with E-state index in [1.54, 1.807) is 7.11 Å². The highest BCUT2D eigenvalue weighted by molar-refractivity contribution is 5.80. The van der Waals surface area contributed by atoms with E-state index in [9.17, 15) is 0 Å². The van der Waals surface area contributed by atoms with Gasteiger partial charge in [-0.1, -0.05) is 5.16 Å². The quantitative estimate of drug-likeness (QED) is 0.401. The molecule has 0 fully saturated rings. The molecule has 9 nitrogen and oxygen atoms in total. The molecule has 0 aliphatic carbocycles. The van der Waals surface area contributed by atoms with Crippen LogP contribution >= 0.6 is 0 Å². The number of aliphatic imine (C=N–C) groups is 1. The van der Waals surface area contributed by atoms with E-state index < -0.39 is 0 Å². The van der Waals surface area contributed by atoms with Crippen molar-refractivity contribution < 1.29 is 9.26 Å². The van der Waals surface area contributed by atoms with Crippen molar-refractivity contribution in [1.82, 2.24) is 30.6 Å². The summed E-state index contributed by atoms with van der Waals surface area (Å²) < 4.78 is 12.3.